The van der Waals surface area contributed by atoms with Crippen LogP contribution in [0.15, 0.2) is 61.1 Å². The quantitative estimate of drug-likeness (QED) is 0.414. The molecule has 164 valence electrons. The fraction of sp³-hybridized carbons (Fsp3) is 0.269. The topological polar surface area (TPSA) is 77.2 Å². The van der Waals surface area contributed by atoms with Crippen LogP contribution in [0.5, 0.6) is 5.75 Å². The maximum absolute atomic E-state index is 10.9. The molecule has 0 fully saturated rings. The summed E-state index contributed by atoms with van der Waals surface area (Å²) in [6, 6.07) is 14.0. The lowest BCUT2D eigenvalue weighted by Gasteiger charge is -2.14. The van der Waals surface area contributed by atoms with Crippen molar-refractivity contribution in [2.75, 3.05) is 0 Å². The van der Waals surface area contributed by atoms with Gasteiger partial charge in [-0.05, 0) is 60.0 Å². The highest BCUT2D eigenvalue weighted by Crippen LogP contribution is 2.26. The van der Waals surface area contributed by atoms with E-state index in [-0.39, 0.29) is 12.3 Å². The molecule has 0 radical (unpaired) electrons. The summed E-state index contributed by atoms with van der Waals surface area (Å²) in [5, 5.41) is 10.2. The van der Waals surface area contributed by atoms with Crippen LogP contribution in [0, 0.1) is 13.8 Å². The molecule has 1 atom stereocenters. The molecular weight excluding hydrogens is 402 g/mol. The maximum atomic E-state index is 10.9. The molecule has 2 aromatic carbocycles. The van der Waals surface area contributed by atoms with Crippen LogP contribution in [-0.4, -0.2) is 25.6 Å². The number of carboxylic acid groups (broad SMARTS) is 1. The third kappa shape index (κ3) is 4.80. The minimum atomic E-state index is -0.789. The number of nitrogens with zero attached hydrogens (tertiary/aromatic N) is 3. The molecule has 0 aliphatic rings. The Hall–Kier alpha value is -3.67. The van der Waals surface area contributed by atoms with Crippen LogP contribution >= 0.6 is 0 Å². The molecule has 4 aromatic rings. The van der Waals surface area contributed by atoms with Gasteiger partial charge in [0.05, 0.1) is 36.1 Å². The van der Waals surface area contributed by atoms with Crippen molar-refractivity contribution in [3.05, 3.63) is 89.1 Å². The number of aryl methyl sites for hydroxylation is 2. The van der Waals surface area contributed by atoms with E-state index in [0.717, 1.165) is 28.3 Å². The van der Waals surface area contributed by atoms with E-state index in [1.807, 2.05) is 44.3 Å². The Bertz CT molecular complexity index is 1230. The fourth-order valence-corrected chi connectivity index (χ4v) is 3.92. The van der Waals surface area contributed by atoms with Gasteiger partial charge >= 0.3 is 5.97 Å². The summed E-state index contributed by atoms with van der Waals surface area (Å²) in [4.78, 5) is 19.8. The van der Waals surface area contributed by atoms with Crippen molar-refractivity contribution in [2.45, 2.75) is 46.3 Å². The third-order valence-electron chi connectivity index (χ3n) is 5.79. The molecule has 1 unspecified atom stereocenters. The van der Waals surface area contributed by atoms with Gasteiger partial charge in [0.2, 0.25) is 0 Å². The Labute approximate surface area is 187 Å². The minimum Gasteiger partial charge on any atom is -0.489 e. The molecule has 0 aliphatic heterocycles. The lowest BCUT2D eigenvalue weighted by atomic mass is 9.98. The second-order valence-corrected chi connectivity index (χ2v) is 8.24. The number of aromatic nitrogens is 3. The van der Waals surface area contributed by atoms with E-state index >= 15 is 0 Å². The van der Waals surface area contributed by atoms with E-state index in [2.05, 4.69) is 45.9 Å². The molecular formula is C26H27N3O3. The Morgan fingerprint density at radius 2 is 1.84 bits per heavy atom. The minimum absolute atomic E-state index is 0.0304. The smallest absolute Gasteiger partial charge is 0.303 e. The number of fused-ring (bicyclic) bond motifs is 1. The normalized spacial score (nSPS) is 12.1. The van der Waals surface area contributed by atoms with E-state index in [4.69, 9.17) is 9.84 Å². The van der Waals surface area contributed by atoms with Gasteiger partial charge in [0, 0.05) is 12.4 Å². The number of rotatable bonds is 8. The largest absolute Gasteiger partial charge is 0.489 e. The van der Waals surface area contributed by atoms with Crippen molar-refractivity contribution in [2.24, 2.45) is 0 Å². The molecule has 6 heteroatoms. The molecule has 0 saturated carbocycles. The van der Waals surface area contributed by atoms with Gasteiger partial charge in [-0.15, -0.1) is 0 Å². The summed E-state index contributed by atoms with van der Waals surface area (Å²) in [6.45, 7) is 7.09. The number of carboxylic acids is 1. The van der Waals surface area contributed by atoms with Crippen molar-refractivity contribution in [1.82, 2.24) is 14.5 Å². The van der Waals surface area contributed by atoms with Crippen molar-refractivity contribution in [1.29, 1.82) is 0 Å². The Morgan fingerprint density at radius 3 is 2.53 bits per heavy atom. The van der Waals surface area contributed by atoms with Crippen LogP contribution in [0.2, 0.25) is 0 Å². The average molecular weight is 430 g/mol. The Morgan fingerprint density at radius 1 is 1.06 bits per heavy atom. The van der Waals surface area contributed by atoms with Crippen LogP contribution in [0.1, 0.15) is 47.3 Å². The zero-order valence-electron chi connectivity index (χ0n) is 18.6. The summed E-state index contributed by atoms with van der Waals surface area (Å²) in [6.07, 6.45) is 5.82. The fourth-order valence-electron chi connectivity index (χ4n) is 3.92. The molecule has 32 heavy (non-hydrogen) atoms. The number of hydrogen-bond donors (Lipinski definition) is 1. The molecule has 4 rings (SSSR count). The molecule has 6 nitrogen and oxygen atoms in total. The summed E-state index contributed by atoms with van der Waals surface area (Å²) >= 11 is 0. The molecule has 1 N–H and O–H groups in total. The summed E-state index contributed by atoms with van der Waals surface area (Å²) in [5.74, 6) is -0.0545. The number of hydrogen-bond acceptors (Lipinski definition) is 4. The van der Waals surface area contributed by atoms with Gasteiger partial charge in [0.15, 0.2) is 0 Å². The first-order valence-corrected chi connectivity index (χ1v) is 10.7. The van der Waals surface area contributed by atoms with Crippen molar-refractivity contribution in [3.63, 3.8) is 0 Å². The van der Waals surface area contributed by atoms with Crippen molar-refractivity contribution < 1.29 is 14.6 Å². The molecule has 2 aromatic heterocycles. The van der Waals surface area contributed by atoms with Gasteiger partial charge in [-0.25, -0.2) is 0 Å². The monoisotopic (exact) mass is 429 g/mol. The van der Waals surface area contributed by atoms with E-state index in [9.17, 15) is 4.79 Å². The molecule has 0 bridgehead atoms. The highest BCUT2D eigenvalue weighted by atomic mass is 16.5. The highest BCUT2D eigenvalue weighted by molar-refractivity contribution is 5.84. The van der Waals surface area contributed by atoms with Gasteiger partial charge in [-0.3, -0.25) is 14.8 Å². The maximum Gasteiger partial charge on any atom is 0.303 e. The molecule has 0 amide bonds. The zero-order chi connectivity index (χ0) is 22.7. The first-order chi connectivity index (χ1) is 15.4. The lowest BCUT2D eigenvalue weighted by Crippen LogP contribution is -2.05. The predicted molar refractivity (Wildman–Crippen MR) is 124 cm³/mol. The van der Waals surface area contributed by atoms with E-state index in [1.165, 1.54) is 16.5 Å². The first kappa shape index (κ1) is 21.6. The summed E-state index contributed by atoms with van der Waals surface area (Å²) < 4.78 is 8.24. The van der Waals surface area contributed by atoms with E-state index in [1.54, 1.807) is 6.20 Å². The van der Waals surface area contributed by atoms with Crippen LogP contribution in [-0.2, 0) is 17.9 Å². The van der Waals surface area contributed by atoms with E-state index < -0.39 is 5.97 Å². The number of ether oxygens (including phenoxy) is 1. The number of carbonyl (C=O) groups is 1. The summed E-state index contributed by atoms with van der Waals surface area (Å²) in [5.41, 5.74) is 6.30. The SMILES string of the molecule is Cc1cnc(Cn2ccc3ccc(COc4ccc(C(C)CC(=O)O)cc4)c(C)c32)cn1. The standard InChI is InChI=1S/C26H27N3O3/c1-17(12-25(30)31)20-6-8-24(9-7-20)32-16-22-5-4-21-10-11-29(26(21)19(22)3)15-23-14-27-18(2)13-28-23/h4-11,13-14,17H,12,15-16H2,1-3H3,(H,30,31). The second-order valence-electron chi connectivity index (χ2n) is 8.24. The lowest BCUT2D eigenvalue weighted by molar-refractivity contribution is -0.137. The van der Waals surface area contributed by atoms with Crippen LogP contribution in [0.25, 0.3) is 10.9 Å². The third-order valence-corrected chi connectivity index (χ3v) is 5.79. The molecule has 0 saturated heterocycles. The van der Waals surface area contributed by atoms with Gasteiger partial charge in [-0.2, -0.15) is 0 Å². The first-order valence-electron chi connectivity index (χ1n) is 10.7. The summed E-state index contributed by atoms with van der Waals surface area (Å²) in [7, 11) is 0. The van der Waals surface area contributed by atoms with Crippen molar-refractivity contribution >= 4 is 16.9 Å². The molecule has 0 aliphatic carbocycles. The van der Waals surface area contributed by atoms with Crippen LogP contribution < -0.4 is 4.74 Å². The zero-order valence-corrected chi connectivity index (χ0v) is 18.6. The number of benzene rings is 2. The predicted octanol–water partition coefficient (Wildman–Crippen LogP) is 5.25. The molecule has 2 heterocycles. The van der Waals surface area contributed by atoms with Gasteiger partial charge in [0.1, 0.15) is 12.4 Å². The van der Waals surface area contributed by atoms with Crippen molar-refractivity contribution in [3.8, 4) is 5.75 Å². The second kappa shape index (κ2) is 9.22. The Kier molecular flexibility index (Phi) is 6.21. The highest BCUT2D eigenvalue weighted by Gasteiger charge is 2.12. The van der Waals surface area contributed by atoms with Gasteiger partial charge < -0.3 is 14.4 Å². The van der Waals surface area contributed by atoms with Crippen LogP contribution in [0.3, 0.4) is 0 Å². The van der Waals surface area contributed by atoms with E-state index in [0.29, 0.717) is 13.2 Å². The van der Waals surface area contributed by atoms with Gasteiger partial charge in [-0.1, -0.05) is 31.2 Å². The Balaban J connectivity index is 1.49. The van der Waals surface area contributed by atoms with Gasteiger partial charge in [0.25, 0.3) is 0 Å². The number of aliphatic carboxylic acids is 1. The van der Waals surface area contributed by atoms with Crippen LogP contribution in [0.4, 0.5) is 0 Å². The molecule has 0 spiro atoms. The average Bonchev–Trinajstić information content (AvgIpc) is 3.18.